The first-order valence-electron chi connectivity index (χ1n) is 56.4. The maximum Gasteiger partial charge on any atom is 0.407 e. The van der Waals surface area contributed by atoms with Crippen LogP contribution in [0.4, 0.5) is 9.59 Å². The molecule has 0 aliphatic carbocycles. The maximum atomic E-state index is 14.1. The molecule has 0 unspecified atom stereocenters. The number of nitrogens with one attached hydrogen (secondary N) is 5. The van der Waals surface area contributed by atoms with Crippen LogP contribution in [0.25, 0.3) is 0 Å². The molecule has 5 heterocycles. The van der Waals surface area contributed by atoms with Crippen molar-refractivity contribution in [3.63, 3.8) is 0 Å². The second-order valence-electron chi connectivity index (χ2n) is 47.6. The Hall–Kier alpha value is -7.01. The minimum absolute atomic E-state index is 0. The van der Waals surface area contributed by atoms with Crippen LogP contribution < -0.4 is 26.6 Å². The van der Waals surface area contributed by atoms with Gasteiger partial charge in [-0.15, -0.1) is 0 Å². The molecule has 8 rings (SSSR count). The van der Waals surface area contributed by atoms with Crippen molar-refractivity contribution in [2.75, 3.05) is 32.7 Å². The Bertz CT molecular complexity index is 4270. The zero-order valence-electron chi connectivity index (χ0n) is 96.9. The van der Waals surface area contributed by atoms with Crippen molar-refractivity contribution in [1.82, 2.24) is 51.4 Å². The number of hydroxylamine groups is 4. The first-order valence-corrected chi connectivity index (χ1v) is 57.6. The van der Waals surface area contributed by atoms with E-state index in [1.807, 2.05) is 188 Å². The fourth-order valence-electron chi connectivity index (χ4n) is 21.1. The number of hydrogen-bond acceptors (Lipinski definition) is 17. The van der Waals surface area contributed by atoms with Gasteiger partial charge >= 0.3 is 12.2 Å². The predicted octanol–water partition coefficient (Wildman–Crippen LogP) is 24.5. The Morgan fingerprint density at radius 3 is 0.880 bits per heavy atom. The third kappa shape index (κ3) is 51.8. The van der Waals surface area contributed by atoms with E-state index in [-0.39, 0.29) is 139 Å². The molecule has 0 bridgehead atoms. The first-order chi connectivity index (χ1) is 69.7. The van der Waals surface area contributed by atoms with Crippen molar-refractivity contribution >= 4 is 87.6 Å². The molecule has 0 aromatic heterocycles. The molecule has 25 nitrogen and oxygen atoms in total. The smallest absolute Gasteiger partial charge is 0.407 e. The number of benzene rings is 3. The summed E-state index contributed by atoms with van der Waals surface area (Å²) in [4.78, 5) is 153. The monoisotopic (exact) mass is 2270 g/mol. The number of unbranched alkanes of at least 4 members (excludes halogenated alkanes) is 3. The average Bonchev–Trinajstić information content (AvgIpc) is 0.919. The van der Waals surface area contributed by atoms with Gasteiger partial charge in [-0.05, 0) is 234 Å². The molecular weight excluding hydrogens is 2070 g/mol. The van der Waals surface area contributed by atoms with Gasteiger partial charge < -0.3 is 90.7 Å². The summed E-state index contributed by atoms with van der Waals surface area (Å²) in [5, 5.41) is 38.5. The Kier molecular flexibility index (Phi) is 66.7. The minimum Gasteiger partial charge on any atom is -0.446 e. The average molecular weight is 2270 g/mol. The molecule has 5 saturated heterocycles. The normalized spacial score (nSPS) is 19.4. The summed E-state index contributed by atoms with van der Waals surface area (Å²) >= 11 is 2.26. The van der Waals surface area contributed by atoms with Gasteiger partial charge in [0, 0.05) is 137 Å². The van der Waals surface area contributed by atoms with Gasteiger partial charge in [0.15, 0.2) is 17.3 Å². The number of carbonyl (C=O) groups is 11. The van der Waals surface area contributed by atoms with E-state index in [1.165, 1.54) is 29.4 Å². The topological polar surface area (TPSA) is 323 Å². The predicted molar refractivity (Wildman–Crippen MR) is 608 cm³/mol. The third-order valence-corrected chi connectivity index (χ3v) is 28.7. The van der Waals surface area contributed by atoms with E-state index in [4.69, 9.17) is 9.47 Å². The van der Waals surface area contributed by atoms with Crippen LogP contribution in [0.2, 0.25) is 0 Å². The van der Waals surface area contributed by atoms with Gasteiger partial charge in [0.25, 0.3) is 0 Å². The number of piperidine rings is 2. The maximum absolute atomic E-state index is 14.1. The van der Waals surface area contributed by atoms with Gasteiger partial charge in [-0.3, -0.25) is 47.6 Å². The van der Waals surface area contributed by atoms with Crippen LogP contribution in [0.1, 0.15) is 370 Å². The van der Waals surface area contributed by atoms with Crippen molar-refractivity contribution in [3.05, 3.63) is 155 Å². The number of ether oxygens (including phenoxy) is 2. The van der Waals surface area contributed by atoms with Crippen LogP contribution in [0.15, 0.2) is 127 Å². The third-order valence-electron chi connectivity index (χ3n) is 28.1. The number of hydrogen-bond donors (Lipinski definition) is 7. The molecule has 7 N–H and O–H groups in total. The molecule has 28 heteroatoms. The molecule has 3 aromatic rings. The second kappa shape index (κ2) is 72.0. The van der Waals surface area contributed by atoms with E-state index >= 15 is 0 Å². The van der Waals surface area contributed by atoms with E-state index in [0.29, 0.717) is 171 Å². The molecule has 5 aliphatic heterocycles. The summed E-state index contributed by atoms with van der Waals surface area (Å²) in [7, 11) is 0. The van der Waals surface area contributed by atoms with E-state index in [2.05, 4.69) is 180 Å². The summed E-state index contributed by atoms with van der Waals surface area (Å²) in [6, 6.07) is 26.3. The number of amides is 8. The number of ketones is 3. The van der Waals surface area contributed by atoms with Crippen LogP contribution in [-0.2, 0) is 109 Å². The summed E-state index contributed by atoms with van der Waals surface area (Å²) < 4.78 is 13.6. The number of halogens is 1. The van der Waals surface area contributed by atoms with Crippen molar-refractivity contribution in [1.29, 1.82) is 0 Å². The van der Waals surface area contributed by atoms with Crippen molar-refractivity contribution in [3.8, 4) is 0 Å². The molecule has 0 saturated carbocycles. The van der Waals surface area contributed by atoms with Crippen molar-refractivity contribution < 1.29 is 110 Å². The molecule has 12 atom stereocenters. The largest absolute Gasteiger partial charge is 0.446 e. The quantitative estimate of drug-likeness (QED) is 0.0119. The van der Waals surface area contributed by atoms with Gasteiger partial charge in [-0.1, -0.05) is 278 Å². The van der Waals surface area contributed by atoms with E-state index in [9.17, 15) is 63.2 Å². The number of Topliss-reactive ketones (excluding diaryl/α,β-unsaturated/α-hetero) is 3. The Morgan fingerprint density at radius 1 is 0.400 bits per heavy atom. The van der Waals surface area contributed by atoms with Crippen LogP contribution in [-0.4, -0.2) is 204 Å². The molecule has 150 heavy (non-hydrogen) atoms. The number of rotatable bonds is 52. The fraction of sp³-hybridized carbons (Fsp3) is 0.697. The Labute approximate surface area is 944 Å². The second-order valence-corrected chi connectivity index (χ2v) is 48.5. The first kappa shape index (κ1) is 139. The minimum atomic E-state index is -0.720. The Morgan fingerprint density at radius 2 is 0.660 bits per heavy atom. The van der Waals surface area contributed by atoms with Crippen molar-refractivity contribution in [2.45, 2.75) is 443 Å². The fourth-order valence-corrected chi connectivity index (χ4v) is 21.7. The molecule has 0 spiro atoms. The number of alkyl carbamates (subject to hydrolysis) is 2. The van der Waals surface area contributed by atoms with Gasteiger partial charge in [0.05, 0.1) is 35.9 Å². The standard InChI is InChI=1S/2C41H66N4O6.C32H50N2O3.C4H8I.C4H9.2V/c2*1-28(2)23-30(5)19-20-32(25-31-15-11-10-12-16-31)38(48)44-22-14-18-35(44)37(47)43-34(36(46)24-29(3)4)17-13-21-42-39(49)51-33-26-40(6,7)45(50)41(8,9)27-33;1-7-8-15-28(30(35)21-24(4)5)33-31(36)29-16-12-19-34(29)32(37)27(18-17-25(6)20-23(2)3)22-26-13-10-9-11-14-26;1-2-3-4-5;1-3-4-2;;/h2*10-12,15-16,19-20,28-30,32-35,50H,13-14,17-18,21-27H2,1-9H3,(H,42,49)(H,43,47);9-11,13-14,17-18,23-25,27-29H,7-8,12,15-16,19-22H2,1-6H3,(H,33,36);4H,2-3H2,1H3;1,3-4H2,2H3;;/q;;;2*-1;;/b2*20-19+;18-17+;;;;/t2*30-,32-,34+,35+;25-,27-,28+,29+;;;;/m111..../s1. The SMILES string of the molecule is CC(C)CC(=O)[C@H](CCCNC(=O)OC1CC(C)(C)N(O)C(C)(C)C1)NC(=O)[C@@H]1CCCN1C(=O)[C@H](/C=C/[C@@H](C)CC(C)C)Cc1ccccc1.CC(C)CC(=O)[C@H](CCCNC(=O)OC1CC(C)(C)N(O)C(C)(C)C1)NC(=O)[C@@H]1CCCN1C(=O)[C@H](/C=C/[C@@H](C)CC(C)C)Cc1ccccc1.CCCC[C@H](NC(=O)[C@@H]1CCCN1C(=O)[C@H](/C=C/[C@@H](C)CC(C)C)Cc1ccccc1)C(=O)CC(C)C.CCC[CH-]I.[CH2-]CCC.[V].[V]. The molecule has 5 aliphatic rings. The Balaban J connectivity index is 0.000000732. The summed E-state index contributed by atoms with van der Waals surface area (Å²) in [5.74, 6) is 1.21. The molecular formula is C122H199IN10O15V2-2. The van der Waals surface area contributed by atoms with Gasteiger partial charge in [0.2, 0.25) is 35.4 Å². The molecule has 5 fully saturated rings. The van der Waals surface area contributed by atoms with Gasteiger partial charge in [-0.2, -0.15) is 23.0 Å². The van der Waals surface area contributed by atoms with Crippen LogP contribution in [0.5, 0.6) is 0 Å². The van der Waals surface area contributed by atoms with Gasteiger partial charge in [0.1, 0.15) is 30.3 Å². The van der Waals surface area contributed by atoms with Crippen LogP contribution >= 0.6 is 22.6 Å². The molecule has 8 amide bonds. The number of allylic oxidation sites excluding steroid dienone is 3. The zero-order chi connectivity index (χ0) is 111. The molecule has 846 valence electrons. The van der Waals surface area contributed by atoms with Crippen LogP contribution in [0, 0.1) is 82.4 Å². The van der Waals surface area contributed by atoms with Crippen molar-refractivity contribution in [2.24, 2.45) is 71.0 Å². The van der Waals surface area contributed by atoms with Crippen LogP contribution in [0.3, 0.4) is 0 Å². The van der Waals surface area contributed by atoms with E-state index in [1.54, 1.807) is 14.7 Å². The summed E-state index contributed by atoms with van der Waals surface area (Å²) in [6.45, 7) is 59.1. The molecule has 3 aromatic carbocycles. The number of nitrogens with zero attached hydrogens (tertiary/aromatic N) is 5. The number of likely N-dealkylation sites (tertiary alicyclic amines) is 3. The van der Waals surface area contributed by atoms with E-state index < -0.39 is 82.4 Å². The summed E-state index contributed by atoms with van der Waals surface area (Å²) in [6.07, 6.45) is 31.7. The summed E-state index contributed by atoms with van der Waals surface area (Å²) in [5.41, 5.74) is 1.08. The number of carbonyl (C=O) groups excluding carboxylic acids is 11. The zero-order valence-corrected chi connectivity index (χ0v) is 102. The van der Waals surface area contributed by atoms with E-state index in [0.717, 1.165) is 74.5 Å². The molecule has 2 radical (unpaired) electrons. The van der Waals surface area contributed by atoms with Gasteiger partial charge in [-0.25, -0.2) is 9.59 Å².